The maximum absolute atomic E-state index is 12.6. The van der Waals surface area contributed by atoms with E-state index < -0.39 is 36.7 Å². The van der Waals surface area contributed by atoms with E-state index in [1.165, 1.54) is 12.1 Å². The van der Waals surface area contributed by atoms with Crippen LogP contribution in [0.4, 0.5) is 11.4 Å². The molecule has 14 heteroatoms. The van der Waals surface area contributed by atoms with E-state index in [1.807, 2.05) is 49.0 Å². The Labute approximate surface area is 357 Å². The molecule has 0 fully saturated rings. The van der Waals surface area contributed by atoms with Gasteiger partial charge in [0.1, 0.15) is 16.5 Å². The molecular formula is C46H63N5O7S2+2. The monoisotopic (exact) mass is 861 g/mol. The third-order valence-corrected chi connectivity index (χ3v) is 13.2. The molecule has 0 bridgehead atoms. The van der Waals surface area contributed by atoms with Crippen LogP contribution in [0.2, 0.25) is 0 Å². The maximum Gasteiger partial charge on any atom is 0.309 e. The van der Waals surface area contributed by atoms with Gasteiger partial charge in [0.25, 0.3) is 0 Å². The minimum atomic E-state index is -4.68. The van der Waals surface area contributed by atoms with Crippen LogP contribution in [0.1, 0.15) is 63.6 Å². The summed E-state index contributed by atoms with van der Waals surface area (Å²) in [5.41, 5.74) is 5.94. The number of carboxylic acid groups (broad SMARTS) is 1. The van der Waals surface area contributed by atoms with Gasteiger partial charge >= 0.3 is 5.97 Å². The molecule has 3 heterocycles. The predicted molar refractivity (Wildman–Crippen MR) is 237 cm³/mol. The minimum absolute atomic E-state index is 0.0113. The molecule has 2 aliphatic heterocycles. The molecule has 0 aliphatic carbocycles. The van der Waals surface area contributed by atoms with Crippen molar-refractivity contribution < 1.29 is 49.7 Å². The summed E-state index contributed by atoms with van der Waals surface area (Å²) in [6, 6.07) is 13.8. The van der Waals surface area contributed by atoms with Crippen molar-refractivity contribution >= 4 is 54.4 Å². The van der Waals surface area contributed by atoms with E-state index in [-0.39, 0.29) is 16.2 Å². The molecule has 3 aromatic rings. The molecule has 5 rings (SSSR count). The Kier molecular flexibility index (Phi) is 13.3. The van der Waals surface area contributed by atoms with Gasteiger partial charge in [0.05, 0.1) is 72.1 Å². The summed E-state index contributed by atoms with van der Waals surface area (Å²) in [6.07, 6.45) is 13.8. The van der Waals surface area contributed by atoms with Gasteiger partial charge in [0.2, 0.25) is 5.69 Å². The molecule has 0 amide bonds. The van der Waals surface area contributed by atoms with Gasteiger partial charge in [0.15, 0.2) is 31.2 Å². The molecule has 1 aromatic heterocycles. The predicted octanol–water partition coefficient (Wildman–Crippen LogP) is 5.45. The molecule has 0 saturated heterocycles. The number of carbonyl (C=O) groups is 1. The Hall–Kier alpha value is -4.44. The Bertz CT molecular complexity index is 2490. The van der Waals surface area contributed by atoms with E-state index in [0.717, 1.165) is 86.5 Å². The molecule has 60 heavy (non-hydrogen) atoms. The van der Waals surface area contributed by atoms with Crippen molar-refractivity contribution in [3.63, 3.8) is 0 Å². The highest BCUT2D eigenvalue weighted by Crippen LogP contribution is 2.49. The van der Waals surface area contributed by atoms with Crippen molar-refractivity contribution in [1.29, 1.82) is 0 Å². The van der Waals surface area contributed by atoms with Crippen LogP contribution < -0.4 is 9.47 Å². The number of anilines is 1. The van der Waals surface area contributed by atoms with Crippen molar-refractivity contribution in [2.45, 2.75) is 74.1 Å². The van der Waals surface area contributed by atoms with Gasteiger partial charge in [-0.05, 0) is 73.0 Å². The second-order valence-electron chi connectivity index (χ2n) is 19.1. The number of aliphatic carboxylic acids is 1. The first-order valence-corrected chi connectivity index (χ1v) is 23.3. The molecule has 0 radical (unpaired) electrons. The van der Waals surface area contributed by atoms with Crippen molar-refractivity contribution in [1.82, 2.24) is 0 Å². The third kappa shape index (κ3) is 10.9. The summed E-state index contributed by atoms with van der Waals surface area (Å²) >= 11 is 0. The van der Waals surface area contributed by atoms with E-state index in [4.69, 9.17) is 0 Å². The van der Waals surface area contributed by atoms with Gasteiger partial charge in [-0.2, -0.15) is 4.58 Å². The third-order valence-electron chi connectivity index (χ3n) is 11.4. The molecule has 1 N–H and O–H groups in total. The average Bonchev–Trinajstić information content (AvgIpc) is 3.46. The van der Waals surface area contributed by atoms with Gasteiger partial charge in [-0.25, -0.2) is 13.0 Å². The first kappa shape index (κ1) is 46.6. The average molecular weight is 862 g/mol. The van der Waals surface area contributed by atoms with Crippen LogP contribution in [-0.2, 0) is 42.1 Å². The number of allylic oxidation sites excluding steroid dienone is 6. The van der Waals surface area contributed by atoms with Crippen molar-refractivity contribution in [2.24, 2.45) is 0 Å². The second kappa shape index (κ2) is 17.1. The molecule has 12 nitrogen and oxygen atoms in total. The van der Waals surface area contributed by atoms with Crippen LogP contribution in [-0.4, -0.2) is 126 Å². The molecule has 0 spiro atoms. The smallest absolute Gasteiger partial charge is 0.309 e. The van der Waals surface area contributed by atoms with E-state index in [1.54, 1.807) is 18.2 Å². The molecular weight excluding hydrogens is 799 g/mol. The number of aromatic nitrogens is 1. The summed E-state index contributed by atoms with van der Waals surface area (Å²) < 4.78 is 67.4. The Morgan fingerprint density at radius 1 is 0.833 bits per heavy atom. The number of nitrogens with zero attached hydrogens (tertiary/aromatic N) is 5. The number of benzene rings is 2. The number of aryl methyl sites for hydroxylation is 1. The fourth-order valence-electron chi connectivity index (χ4n) is 8.16. The highest BCUT2D eigenvalue weighted by molar-refractivity contribution is 7.95. The van der Waals surface area contributed by atoms with Crippen molar-refractivity contribution in [3.05, 3.63) is 108 Å². The highest BCUT2D eigenvalue weighted by atomic mass is 32.2. The lowest BCUT2D eigenvalue weighted by Crippen LogP contribution is -2.37. The van der Waals surface area contributed by atoms with Crippen LogP contribution in [0.3, 0.4) is 0 Å². The molecule has 2 aromatic carbocycles. The van der Waals surface area contributed by atoms with E-state index in [2.05, 4.69) is 95.8 Å². The number of pyridine rings is 1. The van der Waals surface area contributed by atoms with Gasteiger partial charge < -0.3 is 28.1 Å². The first-order valence-electron chi connectivity index (χ1n) is 20.3. The van der Waals surface area contributed by atoms with Crippen LogP contribution >= 0.6 is 0 Å². The summed E-state index contributed by atoms with van der Waals surface area (Å²) in [5.74, 6) is 2.54. The second-order valence-corrected chi connectivity index (χ2v) is 22.2. The molecule has 0 saturated carbocycles. The zero-order valence-corrected chi connectivity index (χ0v) is 38.5. The molecule has 1 atom stereocenters. The Balaban J connectivity index is 1.68. The van der Waals surface area contributed by atoms with Gasteiger partial charge in [-0.3, -0.25) is 9.00 Å². The number of fused-ring (bicyclic) bond motifs is 2. The van der Waals surface area contributed by atoms with Gasteiger partial charge in [0, 0.05) is 64.5 Å². The Morgan fingerprint density at radius 2 is 1.43 bits per heavy atom. The fraction of sp³-hybridized carbons (Fsp3) is 0.435. The van der Waals surface area contributed by atoms with E-state index in [0.29, 0.717) is 13.1 Å². The first-order chi connectivity index (χ1) is 27.6. The minimum Gasteiger partial charge on any atom is -0.774 e. The zero-order chi connectivity index (χ0) is 44.6. The van der Waals surface area contributed by atoms with Crippen LogP contribution in [0.25, 0.3) is 5.57 Å². The van der Waals surface area contributed by atoms with Gasteiger partial charge in [-0.1, -0.05) is 35.6 Å². The molecule has 1 unspecified atom stereocenters. The molecule has 2 aliphatic rings. The number of quaternary nitrogens is 2. The topological polar surface area (TPSA) is 145 Å². The summed E-state index contributed by atoms with van der Waals surface area (Å²) in [7, 11) is 4.55. The largest absolute Gasteiger partial charge is 0.774 e. The standard InChI is InChI=1S/C46H62N5O7S2/c1-45(2)38-32-36(59(11,54)55)16-18-40(38)48(25-12-30-50(5,6)7)42(45)20-14-34(35-22-27-47(28-23-35)29-24-44(52)53)15-21-43-46(3,4)39-33-37(60(56,57)58)17-19-41(39)49(43)26-13-31-51(8,9)10/h14-23,27-28,32-33H,11-13,24-26,29-31H2,1-10H3/q+1/p+1. The summed E-state index contributed by atoms with van der Waals surface area (Å²) in [5, 5.41) is 9.29. The number of carboxylic acids is 1. The number of hydrogen-bond acceptors (Lipinski definition) is 7. The summed E-state index contributed by atoms with van der Waals surface area (Å²) in [6.45, 7) is 11.8. The van der Waals surface area contributed by atoms with Crippen LogP contribution in [0, 0.1) is 0 Å². The maximum atomic E-state index is 12.6. The zero-order valence-electron chi connectivity index (χ0n) is 36.9. The normalized spacial score (nSPS) is 18.3. The van der Waals surface area contributed by atoms with Crippen LogP contribution in [0.5, 0.6) is 0 Å². The SMILES string of the molecule is C=S(=O)([O-])c1ccc2c(c1)C(C)(C)C(C=CC(=CC=C1N(CCC[N+](C)(C)C)c3ccc(S(=O)(=O)[O-])cc3C1(C)C)c1cc[n+](CCC(=O)O)cc1)=[N+]2CCC[N+](C)(C)C. The van der Waals surface area contributed by atoms with E-state index >= 15 is 0 Å². The lowest BCUT2D eigenvalue weighted by atomic mass is 9.81. The number of rotatable bonds is 17. The lowest BCUT2D eigenvalue weighted by molar-refractivity contribution is -0.871. The summed E-state index contributed by atoms with van der Waals surface area (Å²) in [4.78, 5) is 13.5. The lowest BCUT2D eigenvalue weighted by Gasteiger charge is -2.29. The highest BCUT2D eigenvalue weighted by Gasteiger charge is 2.45. The quantitative estimate of drug-likeness (QED) is 0.0621. The number of hydrogen-bond donors (Lipinski definition) is 1. The Morgan fingerprint density at radius 3 is 2.02 bits per heavy atom. The van der Waals surface area contributed by atoms with E-state index in [9.17, 15) is 31.6 Å². The van der Waals surface area contributed by atoms with Crippen LogP contribution in [0.15, 0.2) is 101 Å². The van der Waals surface area contributed by atoms with Crippen molar-refractivity contribution in [2.75, 3.05) is 73.4 Å². The van der Waals surface area contributed by atoms with Gasteiger partial charge in [-0.15, -0.1) is 0 Å². The molecule has 324 valence electrons. The van der Waals surface area contributed by atoms with Crippen molar-refractivity contribution in [3.8, 4) is 0 Å². The fourth-order valence-corrected chi connectivity index (χ4v) is 9.22.